The number of nitrogens with zero attached hydrogens (tertiary/aromatic N) is 1. The SMILES string of the molecule is CC1=C(N)C(Br)C(=S)C([N+](=O)[O-])=C1. The highest BCUT2D eigenvalue weighted by Gasteiger charge is 2.30. The quantitative estimate of drug-likeness (QED) is 0.337. The Morgan fingerprint density at radius 2 is 2.31 bits per heavy atom. The van der Waals surface area contributed by atoms with Gasteiger partial charge in [0.15, 0.2) is 0 Å². The van der Waals surface area contributed by atoms with Gasteiger partial charge >= 0.3 is 0 Å². The van der Waals surface area contributed by atoms with E-state index in [0.29, 0.717) is 11.3 Å². The predicted octanol–water partition coefficient (Wildman–Crippen LogP) is 1.53. The van der Waals surface area contributed by atoms with Gasteiger partial charge in [0.1, 0.15) is 4.86 Å². The maximum atomic E-state index is 10.5. The van der Waals surface area contributed by atoms with Crippen LogP contribution in [0.4, 0.5) is 0 Å². The van der Waals surface area contributed by atoms with Gasteiger partial charge in [-0.1, -0.05) is 28.1 Å². The summed E-state index contributed by atoms with van der Waals surface area (Å²) in [4.78, 5) is 9.87. The van der Waals surface area contributed by atoms with Crippen LogP contribution < -0.4 is 5.73 Å². The van der Waals surface area contributed by atoms with Crippen LogP contribution in [0.2, 0.25) is 0 Å². The number of halogens is 1. The van der Waals surface area contributed by atoms with Crippen molar-refractivity contribution in [3.05, 3.63) is 33.2 Å². The Bertz CT molecular complexity index is 348. The minimum atomic E-state index is -0.494. The van der Waals surface area contributed by atoms with Crippen LogP contribution in [0.3, 0.4) is 0 Å². The Morgan fingerprint density at radius 3 is 2.77 bits per heavy atom. The highest BCUT2D eigenvalue weighted by molar-refractivity contribution is 9.10. The van der Waals surface area contributed by atoms with Crippen LogP contribution in [-0.4, -0.2) is 14.6 Å². The fourth-order valence-corrected chi connectivity index (χ4v) is 1.83. The molecule has 1 rings (SSSR count). The molecule has 0 amide bonds. The molecule has 0 bridgehead atoms. The fourth-order valence-electron chi connectivity index (χ4n) is 0.973. The topological polar surface area (TPSA) is 69.2 Å². The van der Waals surface area contributed by atoms with Gasteiger partial charge < -0.3 is 5.73 Å². The van der Waals surface area contributed by atoms with E-state index in [9.17, 15) is 10.1 Å². The van der Waals surface area contributed by atoms with Crippen molar-refractivity contribution in [1.29, 1.82) is 0 Å². The zero-order valence-corrected chi connectivity index (χ0v) is 9.18. The molecule has 13 heavy (non-hydrogen) atoms. The Labute approximate surface area is 88.8 Å². The van der Waals surface area contributed by atoms with Gasteiger partial charge in [0.25, 0.3) is 5.70 Å². The molecule has 0 radical (unpaired) electrons. The van der Waals surface area contributed by atoms with Crippen molar-refractivity contribution in [3.8, 4) is 0 Å². The number of hydrogen-bond donors (Lipinski definition) is 1. The van der Waals surface area contributed by atoms with E-state index in [1.165, 1.54) is 6.08 Å². The van der Waals surface area contributed by atoms with Crippen LogP contribution >= 0.6 is 28.1 Å². The van der Waals surface area contributed by atoms with E-state index < -0.39 is 9.75 Å². The molecule has 6 heteroatoms. The summed E-state index contributed by atoms with van der Waals surface area (Å²) in [5.74, 6) is 0. The third kappa shape index (κ3) is 1.78. The molecule has 70 valence electrons. The number of nitrogens with two attached hydrogens (primary N) is 1. The molecule has 0 saturated carbocycles. The largest absolute Gasteiger partial charge is 0.401 e. The average molecular weight is 263 g/mol. The Morgan fingerprint density at radius 1 is 1.77 bits per heavy atom. The summed E-state index contributed by atoms with van der Waals surface area (Å²) in [5, 5.41) is 10.5. The van der Waals surface area contributed by atoms with Gasteiger partial charge in [-0.15, -0.1) is 0 Å². The summed E-state index contributed by atoms with van der Waals surface area (Å²) >= 11 is 8.08. The molecule has 0 heterocycles. The van der Waals surface area contributed by atoms with Gasteiger partial charge in [0.05, 0.1) is 9.75 Å². The Balaban J connectivity index is 3.20. The van der Waals surface area contributed by atoms with Crippen molar-refractivity contribution in [2.75, 3.05) is 0 Å². The number of allylic oxidation sites excluding steroid dienone is 4. The molecular formula is C7H7BrN2O2S. The third-order valence-corrected chi connectivity index (χ3v) is 3.46. The molecule has 1 aliphatic rings. The van der Waals surface area contributed by atoms with Crippen LogP contribution in [0.25, 0.3) is 0 Å². The Hall–Kier alpha value is -0.750. The van der Waals surface area contributed by atoms with E-state index in [-0.39, 0.29) is 10.6 Å². The second-order valence-corrected chi connectivity index (χ2v) is 4.01. The highest BCUT2D eigenvalue weighted by atomic mass is 79.9. The molecule has 1 aliphatic carbocycles. The lowest BCUT2D eigenvalue weighted by Crippen LogP contribution is -2.29. The molecule has 2 N–H and O–H groups in total. The second-order valence-electron chi connectivity index (χ2n) is 2.65. The van der Waals surface area contributed by atoms with E-state index in [1.54, 1.807) is 6.92 Å². The summed E-state index contributed by atoms with van der Waals surface area (Å²) in [7, 11) is 0. The highest BCUT2D eigenvalue weighted by Crippen LogP contribution is 2.25. The van der Waals surface area contributed by atoms with Gasteiger partial charge in [0.2, 0.25) is 0 Å². The lowest BCUT2D eigenvalue weighted by molar-refractivity contribution is -0.415. The first kappa shape index (κ1) is 10.3. The van der Waals surface area contributed by atoms with Crippen LogP contribution in [0.5, 0.6) is 0 Å². The molecule has 1 unspecified atom stereocenters. The molecule has 0 aromatic rings. The second kappa shape index (κ2) is 3.55. The number of rotatable bonds is 1. The zero-order chi connectivity index (χ0) is 10.2. The number of thiocarbonyl (C=S) groups is 1. The summed E-state index contributed by atoms with van der Waals surface area (Å²) < 4.78 is 0. The minimum absolute atomic E-state index is 0.0522. The number of nitro groups is 1. The first-order valence-electron chi connectivity index (χ1n) is 3.45. The standard InChI is InChI=1S/C7H7BrN2O2S/c1-3-2-4(10(11)12)7(13)5(8)6(3)9/h2,5H,9H2,1H3. The summed E-state index contributed by atoms with van der Waals surface area (Å²) in [6.07, 6.45) is 1.40. The van der Waals surface area contributed by atoms with Crippen LogP contribution in [0, 0.1) is 10.1 Å². The number of hydrogen-bond acceptors (Lipinski definition) is 4. The van der Waals surface area contributed by atoms with Crippen molar-refractivity contribution >= 4 is 33.0 Å². The molecule has 1 atom stereocenters. The molecule has 0 aromatic heterocycles. The maximum Gasteiger partial charge on any atom is 0.285 e. The Kier molecular flexibility index (Phi) is 2.82. The number of alkyl halides is 1. The average Bonchev–Trinajstić information content (AvgIpc) is 2.07. The minimum Gasteiger partial charge on any atom is -0.401 e. The summed E-state index contributed by atoms with van der Waals surface area (Å²) in [6.45, 7) is 1.72. The molecule has 0 saturated heterocycles. The molecule has 0 spiro atoms. The van der Waals surface area contributed by atoms with E-state index in [2.05, 4.69) is 15.9 Å². The normalized spacial score (nSPS) is 23.1. The fraction of sp³-hybridized carbons (Fsp3) is 0.286. The lowest BCUT2D eigenvalue weighted by atomic mass is 10.0. The van der Waals surface area contributed by atoms with Crippen molar-refractivity contribution < 1.29 is 4.92 Å². The van der Waals surface area contributed by atoms with Crippen molar-refractivity contribution in [2.24, 2.45) is 5.73 Å². The molecule has 0 aromatic carbocycles. The third-order valence-electron chi connectivity index (χ3n) is 1.76. The van der Waals surface area contributed by atoms with Crippen LogP contribution in [0.15, 0.2) is 23.0 Å². The monoisotopic (exact) mass is 262 g/mol. The van der Waals surface area contributed by atoms with Crippen molar-refractivity contribution in [3.63, 3.8) is 0 Å². The van der Waals surface area contributed by atoms with E-state index in [0.717, 1.165) is 0 Å². The van der Waals surface area contributed by atoms with E-state index in [1.807, 2.05) is 0 Å². The van der Waals surface area contributed by atoms with Gasteiger partial charge in [-0.3, -0.25) is 10.1 Å². The van der Waals surface area contributed by atoms with Gasteiger partial charge in [-0.25, -0.2) is 0 Å². The molecule has 0 fully saturated rings. The predicted molar refractivity (Wildman–Crippen MR) is 57.3 cm³/mol. The van der Waals surface area contributed by atoms with Gasteiger partial charge in [0, 0.05) is 11.8 Å². The maximum absolute atomic E-state index is 10.5. The molecular weight excluding hydrogens is 256 g/mol. The molecule has 0 aliphatic heterocycles. The smallest absolute Gasteiger partial charge is 0.285 e. The lowest BCUT2D eigenvalue weighted by Gasteiger charge is -2.16. The first-order chi connectivity index (χ1) is 5.95. The van der Waals surface area contributed by atoms with Crippen molar-refractivity contribution in [2.45, 2.75) is 11.8 Å². The first-order valence-corrected chi connectivity index (χ1v) is 4.78. The summed E-state index contributed by atoms with van der Waals surface area (Å²) in [5.41, 5.74) is 6.82. The van der Waals surface area contributed by atoms with E-state index >= 15 is 0 Å². The summed E-state index contributed by atoms with van der Waals surface area (Å²) in [6, 6.07) is 0. The van der Waals surface area contributed by atoms with Crippen molar-refractivity contribution in [1.82, 2.24) is 0 Å². The molecule has 4 nitrogen and oxygen atoms in total. The van der Waals surface area contributed by atoms with Gasteiger partial charge in [-0.2, -0.15) is 0 Å². The zero-order valence-electron chi connectivity index (χ0n) is 6.78. The van der Waals surface area contributed by atoms with Gasteiger partial charge in [-0.05, 0) is 12.5 Å². The van der Waals surface area contributed by atoms with Crippen LogP contribution in [0.1, 0.15) is 6.92 Å². The van der Waals surface area contributed by atoms with Crippen LogP contribution in [-0.2, 0) is 0 Å². The van der Waals surface area contributed by atoms with E-state index in [4.69, 9.17) is 18.0 Å².